The van der Waals surface area contributed by atoms with E-state index in [0.717, 1.165) is 31.7 Å². The predicted octanol–water partition coefficient (Wildman–Crippen LogP) is 0.166. The summed E-state index contributed by atoms with van der Waals surface area (Å²) in [5, 5.41) is 10.6. The van der Waals surface area contributed by atoms with Crippen molar-refractivity contribution in [2.24, 2.45) is 0 Å². The van der Waals surface area contributed by atoms with Crippen LogP contribution in [0.2, 0.25) is 0 Å². The molecule has 0 unspecified atom stereocenters. The molecule has 0 aromatic carbocycles. The first-order valence-electron chi connectivity index (χ1n) is 5.28. The van der Waals surface area contributed by atoms with Crippen LogP contribution in [-0.2, 0) is 6.42 Å². The van der Waals surface area contributed by atoms with Gasteiger partial charge in [0.15, 0.2) is 0 Å². The van der Waals surface area contributed by atoms with Crippen LogP contribution in [0.15, 0.2) is 6.07 Å². The molecule has 0 atom stereocenters. The predicted molar refractivity (Wildman–Crippen MR) is 56.3 cm³/mol. The van der Waals surface area contributed by atoms with Crippen molar-refractivity contribution in [3.05, 3.63) is 17.5 Å². The van der Waals surface area contributed by atoms with Crippen molar-refractivity contribution in [2.45, 2.75) is 13.3 Å². The number of H-pyrrole nitrogens is 1. The number of nitrogens with one attached hydrogen (secondary N) is 2. The van der Waals surface area contributed by atoms with Gasteiger partial charge in [0.2, 0.25) is 0 Å². The molecule has 2 heterocycles. The molecule has 4 nitrogen and oxygen atoms in total. The number of aromatic nitrogens is 2. The standard InChI is InChI=1S/C10H18N4/c1-9-8-10(13-12-9)2-5-14-6-3-11-4-7-14/h8,11H,2-7H2,1H3,(H,12,13). The second-order valence-electron chi connectivity index (χ2n) is 3.88. The third-order valence-electron chi connectivity index (χ3n) is 2.65. The maximum Gasteiger partial charge on any atom is 0.0637 e. The van der Waals surface area contributed by atoms with E-state index in [0.29, 0.717) is 0 Å². The summed E-state index contributed by atoms with van der Waals surface area (Å²) < 4.78 is 0. The summed E-state index contributed by atoms with van der Waals surface area (Å²) >= 11 is 0. The molecule has 0 spiro atoms. The normalized spacial score (nSPS) is 18.6. The number of aryl methyl sites for hydroxylation is 1. The molecular formula is C10H18N4. The molecule has 1 saturated heterocycles. The first kappa shape index (κ1) is 9.68. The van der Waals surface area contributed by atoms with Gasteiger partial charge in [0.25, 0.3) is 0 Å². The zero-order valence-corrected chi connectivity index (χ0v) is 8.71. The van der Waals surface area contributed by atoms with E-state index in [2.05, 4.69) is 26.5 Å². The quantitative estimate of drug-likeness (QED) is 0.720. The SMILES string of the molecule is Cc1cc(CCN2CCNCC2)n[nH]1. The average molecular weight is 194 g/mol. The molecule has 78 valence electrons. The topological polar surface area (TPSA) is 44.0 Å². The lowest BCUT2D eigenvalue weighted by molar-refractivity contribution is 0.243. The minimum atomic E-state index is 1.06. The molecular weight excluding hydrogens is 176 g/mol. The summed E-state index contributed by atoms with van der Waals surface area (Å²) in [5.74, 6) is 0. The number of hydrogen-bond donors (Lipinski definition) is 2. The van der Waals surface area contributed by atoms with Gasteiger partial charge in [-0.15, -0.1) is 0 Å². The maximum atomic E-state index is 4.23. The van der Waals surface area contributed by atoms with E-state index >= 15 is 0 Å². The number of hydrogen-bond acceptors (Lipinski definition) is 3. The van der Waals surface area contributed by atoms with Crippen molar-refractivity contribution in [3.8, 4) is 0 Å². The van der Waals surface area contributed by atoms with Gasteiger partial charge in [-0.3, -0.25) is 5.10 Å². The molecule has 2 N–H and O–H groups in total. The molecule has 2 rings (SSSR count). The first-order valence-corrected chi connectivity index (χ1v) is 5.28. The highest BCUT2D eigenvalue weighted by Gasteiger charge is 2.09. The second kappa shape index (κ2) is 4.57. The van der Waals surface area contributed by atoms with Gasteiger partial charge in [-0.25, -0.2) is 0 Å². The summed E-state index contributed by atoms with van der Waals surface area (Å²) in [6.45, 7) is 7.76. The van der Waals surface area contributed by atoms with Crippen LogP contribution in [-0.4, -0.2) is 47.8 Å². The molecule has 1 aliphatic rings. The Balaban J connectivity index is 1.76. The van der Waals surface area contributed by atoms with Crippen LogP contribution in [0.3, 0.4) is 0 Å². The summed E-state index contributed by atoms with van der Waals surface area (Å²) in [5.41, 5.74) is 2.33. The molecule has 0 radical (unpaired) electrons. The zero-order chi connectivity index (χ0) is 9.80. The summed E-state index contributed by atoms with van der Waals surface area (Å²) in [6, 6.07) is 2.13. The monoisotopic (exact) mass is 194 g/mol. The Morgan fingerprint density at radius 3 is 2.86 bits per heavy atom. The number of rotatable bonds is 3. The molecule has 1 aromatic heterocycles. The lowest BCUT2D eigenvalue weighted by atomic mass is 10.2. The van der Waals surface area contributed by atoms with Gasteiger partial charge in [-0.2, -0.15) is 5.10 Å². The van der Waals surface area contributed by atoms with Gasteiger partial charge >= 0.3 is 0 Å². The van der Waals surface area contributed by atoms with Gasteiger partial charge in [0.1, 0.15) is 0 Å². The lowest BCUT2D eigenvalue weighted by Crippen LogP contribution is -2.44. The highest BCUT2D eigenvalue weighted by atomic mass is 15.2. The highest BCUT2D eigenvalue weighted by molar-refractivity contribution is 5.06. The van der Waals surface area contributed by atoms with Crippen molar-refractivity contribution >= 4 is 0 Å². The van der Waals surface area contributed by atoms with Crippen LogP contribution >= 0.6 is 0 Å². The Kier molecular flexibility index (Phi) is 3.16. The van der Waals surface area contributed by atoms with Crippen LogP contribution in [0.5, 0.6) is 0 Å². The van der Waals surface area contributed by atoms with Crippen molar-refractivity contribution in [1.29, 1.82) is 0 Å². The van der Waals surface area contributed by atoms with Gasteiger partial charge in [-0.1, -0.05) is 0 Å². The third-order valence-corrected chi connectivity index (χ3v) is 2.65. The molecule has 0 aliphatic carbocycles. The molecule has 1 aromatic rings. The van der Waals surface area contributed by atoms with Crippen LogP contribution in [0.1, 0.15) is 11.4 Å². The average Bonchev–Trinajstić information content (AvgIpc) is 2.63. The summed E-state index contributed by atoms with van der Waals surface area (Å²) in [6.07, 6.45) is 1.06. The molecule has 1 aliphatic heterocycles. The van der Waals surface area contributed by atoms with Gasteiger partial charge in [0.05, 0.1) is 5.69 Å². The molecule has 1 fully saturated rings. The smallest absolute Gasteiger partial charge is 0.0637 e. The minimum Gasteiger partial charge on any atom is -0.314 e. The summed E-state index contributed by atoms with van der Waals surface area (Å²) in [4.78, 5) is 2.49. The Morgan fingerprint density at radius 2 is 2.21 bits per heavy atom. The highest BCUT2D eigenvalue weighted by Crippen LogP contribution is 2.01. The Morgan fingerprint density at radius 1 is 1.43 bits per heavy atom. The van der Waals surface area contributed by atoms with Crippen molar-refractivity contribution < 1.29 is 0 Å². The van der Waals surface area contributed by atoms with E-state index in [1.165, 1.54) is 18.8 Å². The van der Waals surface area contributed by atoms with Crippen LogP contribution in [0, 0.1) is 6.92 Å². The fraction of sp³-hybridized carbons (Fsp3) is 0.700. The Hall–Kier alpha value is -0.870. The number of nitrogens with zero attached hydrogens (tertiary/aromatic N) is 2. The van der Waals surface area contributed by atoms with Crippen LogP contribution < -0.4 is 5.32 Å². The molecule has 0 bridgehead atoms. The number of piperazine rings is 1. The fourth-order valence-electron chi connectivity index (χ4n) is 1.81. The maximum absolute atomic E-state index is 4.23. The van der Waals surface area contributed by atoms with E-state index in [1.54, 1.807) is 0 Å². The van der Waals surface area contributed by atoms with Gasteiger partial charge in [0, 0.05) is 44.8 Å². The van der Waals surface area contributed by atoms with E-state index < -0.39 is 0 Å². The molecule has 0 amide bonds. The largest absolute Gasteiger partial charge is 0.314 e. The molecule has 14 heavy (non-hydrogen) atoms. The van der Waals surface area contributed by atoms with Gasteiger partial charge in [-0.05, 0) is 13.0 Å². The van der Waals surface area contributed by atoms with Crippen LogP contribution in [0.4, 0.5) is 0 Å². The van der Waals surface area contributed by atoms with Crippen molar-refractivity contribution in [3.63, 3.8) is 0 Å². The Bertz CT molecular complexity index is 275. The Labute approximate surface area is 84.7 Å². The van der Waals surface area contributed by atoms with E-state index in [-0.39, 0.29) is 0 Å². The van der Waals surface area contributed by atoms with Crippen molar-refractivity contribution in [2.75, 3.05) is 32.7 Å². The lowest BCUT2D eigenvalue weighted by Gasteiger charge is -2.26. The zero-order valence-electron chi connectivity index (χ0n) is 8.71. The molecule has 4 heteroatoms. The summed E-state index contributed by atoms with van der Waals surface area (Å²) in [7, 11) is 0. The van der Waals surface area contributed by atoms with Gasteiger partial charge < -0.3 is 10.2 Å². The molecule has 0 saturated carbocycles. The number of aromatic amines is 1. The fourth-order valence-corrected chi connectivity index (χ4v) is 1.81. The van der Waals surface area contributed by atoms with E-state index in [4.69, 9.17) is 0 Å². The third kappa shape index (κ3) is 2.56. The van der Waals surface area contributed by atoms with E-state index in [1.807, 2.05) is 6.92 Å². The van der Waals surface area contributed by atoms with E-state index in [9.17, 15) is 0 Å². The van der Waals surface area contributed by atoms with Crippen LogP contribution in [0.25, 0.3) is 0 Å². The minimum absolute atomic E-state index is 1.06. The van der Waals surface area contributed by atoms with Crippen molar-refractivity contribution in [1.82, 2.24) is 20.4 Å². The second-order valence-corrected chi connectivity index (χ2v) is 3.88. The first-order chi connectivity index (χ1) is 6.84.